The van der Waals surface area contributed by atoms with Crippen molar-refractivity contribution in [3.05, 3.63) is 59.1 Å². The van der Waals surface area contributed by atoms with Crippen molar-refractivity contribution in [1.82, 2.24) is 4.90 Å². The van der Waals surface area contributed by atoms with Gasteiger partial charge in [-0.15, -0.1) is 0 Å². The zero-order valence-corrected chi connectivity index (χ0v) is 13.4. The fraction of sp³-hybridized carbons (Fsp3) is 0.316. The van der Waals surface area contributed by atoms with Crippen molar-refractivity contribution in [3.63, 3.8) is 0 Å². The molecular formula is C19H20ClNO. The first-order valence-electron chi connectivity index (χ1n) is 7.80. The number of nitrogens with zero attached hydrogens (tertiary/aromatic N) is 1. The number of likely N-dealkylation sites (tertiary alicyclic amines) is 1. The molecular weight excluding hydrogens is 294 g/mol. The average Bonchev–Trinajstić information content (AvgIpc) is 2.55. The van der Waals surface area contributed by atoms with Gasteiger partial charge >= 0.3 is 0 Å². The third-order valence-electron chi connectivity index (χ3n) is 4.28. The Hall–Kier alpha value is -1.64. The fourth-order valence-electron chi connectivity index (χ4n) is 2.95. The van der Waals surface area contributed by atoms with Crippen LogP contribution in [0.1, 0.15) is 18.4 Å². The van der Waals surface area contributed by atoms with E-state index in [0.717, 1.165) is 31.1 Å². The maximum atomic E-state index is 11.3. The summed E-state index contributed by atoms with van der Waals surface area (Å²) in [6, 6.07) is 16.5. The van der Waals surface area contributed by atoms with E-state index in [1.54, 1.807) is 0 Å². The van der Waals surface area contributed by atoms with E-state index in [0.29, 0.717) is 18.6 Å². The number of hydrogen-bond donors (Lipinski definition) is 0. The predicted octanol–water partition coefficient (Wildman–Crippen LogP) is 4.21. The lowest BCUT2D eigenvalue weighted by Gasteiger charge is -2.26. The van der Waals surface area contributed by atoms with E-state index in [1.807, 2.05) is 12.1 Å². The summed E-state index contributed by atoms with van der Waals surface area (Å²) in [6.07, 6.45) is 2.42. The minimum Gasteiger partial charge on any atom is -0.302 e. The summed E-state index contributed by atoms with van der Waals surface area (Å²) in [5.74, 6) is 0.401. The van der Waals surface area contributed by atoms with Crippen LogP contribution < -0.4 is 0 Å². The highest BCUT2D eigenvalue weighted by Crippen LogP contribution is 2.25. The van der Waals surface area contributed by atoms with Gasteiger partial charge in [-0.05, 0) is 35.2 Å². The third-order valence-corrected chi connectivity index (χ3v) is 4.54. The van der Waals surface area contributed by atoms with E-state index in [9.17, 15) is 4.79 Å². The minimum absolute atomic E-state index is 0.401. The van der Waals surface area contributed by atoms with Gasteiger partial charge in [-0.2, -0.15) is 0 Å². The number of benzene rings is 2. The zero-order valence-electron chi connectivity index (χ0n) is 12.6. The van der Waals surface area contributed by atoms with Gasteiger partial charge in [-0.1, -0.05) is 48.0 Å². The van der Waals surface area contributed by atoms with Gasteiger partial charge in [0, 0.05) is 37.5 Å². The Bertz CT molecular complexity index is 641. The van der Waals surface area contributed by atoms with Crippen LogP contribution in [0.25, 0.3) is 11.1 Å². The standard InChI is InChI=1S/C19H20ClNO/c20-17-7-5-16(6-8-17)19-4-2-1-3-15(19)9-12-21-13-10-18(22)11-14-21/h1-8H,9-14H2. The van der Waals surface area contributed by atoms with Crippen LogP contribution in [0.3, 0.4) is 0 Å². The number of Topliss-reactive ketones (excluding diaryl/α,β-unsaturated/α-hetero) is 1. The SMILES string of the molecule is O=C1CCN(CCc2ccccc2-c2ccc(Cl)cc2)CC1. The van der Waals surface area contributed by atoms with Crippen LogP contribution in [0.15, 0.2) is 48.5 Å². The molecule has 1 aliphatic rings. The molecule has 0 spiro atoms. The van der Waals surface area contributed by atoms with Crippen molar-refractivity contribution in [1.29, 1.82) is 0 Å². The predicted molar refractivity (Wildman–Crippen MR) is 91.3 cm³/mol. The van der Waals surface area contributed by atoms with Crippen LogP contribution in [-0.4, -0.2) is 30.3 Å². The Morgan fingerprint density at radius 3 is 2.36 bits per heavy atom. The Labute approximate surface area is 136 Å². The molecule has 22 heavy (non-hydrogen) atoms. The van der Waals surface area contributed by atoms with Gasteiger partial charge in [0.25, 0.3) is 0 Å². The van der Waals surface area contributed by atoms with E-state index in [-0.39, 0.29) is 0 Å². The Kier molecular flexibility index (Phi) is 4.91. The number of ketones is 1. The molecule has 3 heteroatoms. The monoisotopic (exact) mass is 313 g/mol. The summed E-state index contributed by atoms with van der Waals surface area (Å²) in [7, 11) is 0. The normalized spacial score (nSPS) is 16.0. The molecule has 2 aromatic carbocycles. The van der Waals surface area contributed by atoms with E-state index in [1.165, 1.54) is 16.7 Å². The minimum atomic E-state index is 0.401. The van der Waals surface area contributed by atoms with Crippen LogP contribution in [0, 0.1) is 0 Å². The van der Waals surface area contributed by atoms with Crippen LogP contribution in [0.4, 0.5) is 0 Å². The molecule has 3 rings (SSSR count). The first-order chi connectivity index (χ1) is 10.7. The maximum absolute atomic E-state index is 11.3. The first-order valence-corrected chi connectivity index (χ1v) is 8.18. The van der Waals surface area contributed by atoms with Gasteiger partial charge < -0.3 is 4.90 Å². The highest BCUT2D eigenvalue weighted by molar-refractivity contribution is 6.30. The highest BCUT2D eigenvalue weighted by Gasteiger charge is 2.16. The second-order valence-corrected chi connectivity index (χ2v) is 6.23. The summed E-state index contributed by atoms with van der Waals surface area (Å²) >= 11 is 5.98. The van der Waals surface area contributed by atoms with Gasteiger partial charge in [0.15, 0.2) is 0 Å². The fourth-order valence-corrected chi connectivity index (χ4v) is 3.08. The van der Waals surface area contributed by atoms with Crippen molar-refractivity contribution in [2.45, 2.75) is 19.3 Å². The molecule has 0 atom stereocenters. The summed E-state index contributed by atoms with van der Waals surface area (Å²) in [6.45, 7) is 2.82. The maximum Gasteiger partial charge on any atom is 0.135 e. The average molecular weight is 314 g/mol. The molecule has 2 aromatic rings. The summed E-state index contributed by atoms with van der Waals surface area (Å²) < 4.78 is 0. The lowest BCUT2D eigenvalue weighted by molar-refractivity contribution is -0.121. The van der Waals surface area contributed by atoms with Crippen molar-refractivity contribution < 1.29 is 4.79 Å². The summed E-state index contributed by atoms with van der Waals surface area (Å²) in [4.78, 5) is 13.7. The first kappa shape index (κ1) is 15.3. The molecule has 0 radical (unpaired) electrons. The molecule has 0 bridgehead atoms. The molecule has 1 heterocycles. The van der Waals surface area contributed by atoms with Gasteiger partial charge in [0.2, 0.25) is 0 Å². The lowest BCUT2D eigenvalue weighted by atomic mass is 9.97. The van der Waals surface area contributed by atoms with Crippen LogP contribution in [0.2, 0.25) is 5.02 Å². The number of carbonyl (C=O) groups is 1. The highest BCUT2D eigenvalue weighted by atomic mass is 35.5. The molecule has 0 aliphatic carbocycles. The second-order valence-electron chi connectivity index (χ2n) is 5.79. The van der Waals surface area contributed by atoms with Gasteiger partial charge in [0.1, 0.15) is 5.78 Å². The van der Waals surface area contributed by atoms with Gasteiger partial charge in [-0.25, -0.2) is 0 Å². The molecule has 0 unspecified atom stereocenters. The molecule has 114 valence electrons. The lowest BCUT2D eigenvalue weighted by Crippen LogP contribution is -2.35. The number of rotatable bonds is 4. The zero-order chi connectivity index (χ0) is 15.4. The molecule has 1 saturated heterocycles. The molecule has 0 aromatic heterocycles. The Balaban J connectivity index is 1.71. The van der Waals surface area contributed by atoms with E-state index < -0.39 is 0 Å². The molecule has 1 aliphatic heterocycles. The van der Waals surface area contributed by atoms with E-state index in [2.05, 4.69) is 41.3 Å². The molecule has 0 N–H and O–H groups in total. The topological polar surface area (TPSA) is 20.3 Å². The quantitative estimate of drug-likeness (QED) is 0.842. The van der Waals surface area contributed by atoms with Crippen LogP contribution >= 0.6 is 11.6 Å². The summed E-state index contributed by atoms with van der Waals surface area (Å²) in [5, 5.41) is 0.763. The van der Waals surface area contributed by atoms with E-state index in [4.69, 9.17) is 11.6 Å². The molecule has 0 saturated carbocycles. The number of carbonyl (C=O) groups excluding carboxylic acids is 1. The van der Waals surface area contributed by atoms with Gasteiger partial charge in [0.05, 0.1) is 0 Å². The van der Waals surface area contributed by atoms with Crippen molar-refractivity contribution in [3.8, 4) is 11.1 Å². The summed E-state index contributed by atoms with van der Waals surface area (Å²) in [5.41, 5.74) is 3.82. The molecule has 2 nitrogen and oxygen atoms in total. The Morgan fingerprint density at radius 1 is 0.955 bits per heavy atom. The Morgan fingerprint density at radius 2 is 1.64 bits per heavy atom. The largest absolute Gasteiger partial charge is 0.302 e. The van der Waals surface area contributed by atoms with Crippen molar-refractivity contribution in [2.75, 3.05) is 19.6 Å². The van der Waals surface area contributed by atoms with Gasteiger partial charge in [-0.3, -0.25) is 4.79 Å². The van der Waals surface area contributed by atoms with Crippen LogP contribution in [-0.2, 0) is 11.2 Å². The van der Waals surface area contributed by atoms with Crippen molar-refractivity contribution >= 4 is 17.4 Å². The third kappa shape index (κ3) is 3.76. The smallest absolute Gasteiger partial charge is 0.135 e. The molecule has 1 fully saturated rings. The number of hydrogen-bond acceptors (Lipinski definition) is 2. The number of piperidine rings is 1. The van der Waals surface area contributed by atoms with Crippen molar-refractivity contribution in [2.24, 2.45) is 0 Å². The second kappa shape index (κ2) is 7.08. The van der Waals surface area contributed by atoms with Crippen LogP contribution in [0.5, 0.6) is 0 Å². The van der Waals surface area contributed by atoms with E-state index >= 15 is 0 Å². The molecule has 0 amide bonds. The number of halogens is 1.